The van der Waals surface area contributed by atoms with Crippen LogP contribution in [0, 0.1) is 0 Å². The van der Waals surface area contributed by atoms with Crippen LogP contribution in [0.5, 0.6) is 0 Å². The van der Waals surface area contributed by atoms with E-state index < -0.39 is 0 Å². The van der Waals surface area contributed by atoms with Crippen LogP contribution in [0.25, 0.3) is 0 Å². The summed E-state index contributed by atoms with van der Waals surface area (Å²) in [4.78, 5) is 4.32. The Kier molecular flexibility index (Phi) is 4.44. The van der Waals surface area contributed by atoms with Gasteiger partial charge in [-0.3, -0.25) is 0 Å². The summed E-state index contributed by atoms with van der Waals surface area (Å²) in [5, 5.41) is 3.91. The molecule has 18 heavy (non-hydrogen) atoms. The topological polar surface area (TPSA) is 74.2 Å². The van der Waals surface area contributed by atoms with Crippen molar-refractivity contribution in [1.82, 2.24) is 10.1 Å². The van der Waals surface area contributed by atoms with E-state index >= 15 is 0 Å². The molecule has 96 valence electrons. The second-order valence-electron chi connectivity index (χ2n) is 4.00. The minimum atomic E-state index is 0.515. The Bertz CT molecular complexity index is 496. The smallest absolute Gasteiger partial charge is 0.231 e. The van der Waals surface area contributed by atoms with Crippen LogP contribution in [0.15, 0.2) is 28.8 Å². The number of ether oxygens (including phenoxy) is 1. The van der Waals surface area contributed by atoms with Gasteiger partial charge in [-0.05, 0) is 11.1 Å². The van der Waals surface area contributed by atoms with Gasteiger partial charge in [0.25, 0.3) is 0 Å². The van der Waals surface area contributed by atoms with Gasteiger partial charge >= 0.3 is 0 Å². The van der Waals surface area contributed by atoms with Gasteiger partial charge in [0, 0.05) is 20.1 Å². The fourth-order valence-corrected chi connectivity index (χ4v) is 1.75. The molecule has 0 radical (unpaired) electrons. The van der Waals surface area contributed by atoms with E-state index in [9.17, 15) is 0 Å². The van der Waals surface area contributed by atoms with Crippen molar-refractivity contribution in [3.8, 4) is 0 Å². The Morgan fingerprint density at radius 2 is 2.06 bits per heavy atom. The highest BCUT2D eigenvalue weighted by molar-refractivity contribution is 5.28. The molecule has 0 fully saturated rings. The number of hydrogen-bond acceptors (Lipinski definition) is 5. The lowest BCUT2D eigenvalue weighted by atomic mass is 10.0. The van der Waals surface area contributed by atoms with Crippen molar-refractivity contribution in [3.63, 3.8) is 0 Å². The third-order valence-electron chi connectivity index (χ3n) is 2.72. The summed E-state index contributed by atoms with van der Waals surface area (Å²) in [5.74, 6) is 1.29. The summed E-state index contributed by atoms with van der Waals surface area (Å²) in [7, 11) is 1.65. The van der Waals surface area contributed by atoms with E-state index in [-0.39, 0.29) is 0 Å². The number of nitrogens with zero attached hydrogens (tertiary/aromatic N) is 2. The molecule has 1 aromatic heterocycles. The highest BCUT2D eigenvalue weighted by atomic mass is 16.5. The van der Waals surface area contributed by atoms with Crippen LogP contribution in [0.3, 0.4) is 0 Å². The van der Waals surface area contributed by atoms with Gasteiger partial charge in [-0.1, -0.05) is 29.4 Å². The standard InChI is InChI=1S/C13H17N3O2/c1-17-7-6-12-15-13(18-16-12)8-10-4-2-3-5-11(10)9-14/h2-5H,6-9,14H2,1H3. The van der Waals surface area contributed by atoms with Gasteiger partial charge in [0.2, 0.25) is 5.89 Å². The molecule has 0 saturated carbocycles. The molecule has 2 rings (SSSR count). The van der Waals surface area contributed by atoms with Gasteiger partial charge in [-0.2, -0.15) is 4.98 Å². The first-order valence-corrected chi connectivity index (χ1v) is 5.90. The summed E-state index contributed by atoms with van der Waals surface area (Å²) in [5.41, 5.74) is 7.92. The van der Waals surface area contributed by atoms with Crippen LogP contribution in [0.1, 0.15) is 22.8 Å². The lowest BCUT2D eigenvalue weighted by Gasteiger charge is -2.03. The lowest BCUT2D eigenvalue weighted by Crippen LogP contribution is -2.02. The molecule has 0 saturated heterocycles. The minimum Gasteiger partial charge on any atom is -0.384 e. The fourth-order valence-electron chi connectivity index (χ4n) is 1.75. The summed E-state index contributed by atoms with van der Waals surface area (Å²) in [6.07, 6.45) is 1.28. The molecule has 0 unspecified atom stereocenters. The Morgan fingerprint density at radius 3 is 2.78 bits per heavy atom. The van der Waals surface area contributed by atoms with Crippen molar-refractivity contribution < 1.29 is 9.26 Å². The number of rotatable bonds is 6. The molecule has 0 bridgehead atoms. The molecule has 2 N–H and O–H groups in total. The average molecular weight is 247 g/mol. The third-order valence-corrected chi connectivity index (χ3v) is 2.72. The van der Waals surface area contributed by atoms with Gasteiger partial charge < -0.3 is 15.0 Å². The quantitative estimate of drug-likeness (QED) is 0.833. The first-order valence-electron chi connectivity index (χ1n) is 5.90. The van der Waals surface area contributed by atoms with Crippen LogP contribution < -0.4 is 5.73 Å². The molecule has 1 aromatic carbocycles. The van der Waals surface area contributed by atoms with E-state index in [1.165, 1.54) is 0 Å². The molecule has 0 atom stereocenters. The number of aromatic nitrogens is 2. The highest BCUT2D eigenvalue weighted by Crippen LogP contribution is 2.13. The second-order valence-corrected chi connectivity index (χ2v) is 4.00. The maximum Gasteiger partial charge on any atom is 0.231 e. The molecule has 5 heteroatoms. The van der Waals surface area contributed by atoms with Crippen LogP contribution in [0.4, 0.5) is 0 Å². The molecule has 0 aliphatic carbocycles. The van der Waals surface area contributed by atoms with Crippen LogP contribution in [-0.2, 0) is 24.1 Å². The van der Waals surface area contributed by atoms with Crippen LogP contribution >= 0.6 is 0 Å². The van der Waals surface area contributed by atoms with Crippen molar-refractivity contribution in [1.29, 1.82) is 0 Å². The van der Waals surface area contributed by atoms with E-state index in [2.05, 4.69) is 10.1 Å². The summed E-state index contributed by atoms with van der Waals surface area (Å²) in [6, 6.07) is 8.00. The number of methoxy groups -OCH3 is 1. The minimum absolute atomic E-state index is 0.515. The molecule has 0 aliphatic rings. The van der Waals surface area contributed by atoms with E-state index in [0.29, 0.717) is 37.7 Å². The van der Waals surface area contributed by atoms with Crippen molar-refractivity contribution in [2.75, 3.05) is 13.7 Å². The zero-order valence-corrected chi connectivity index (χ0v) is 10.4. The number of hydrogen-bond donors (Lipinski definition) is 1. The SMILES string of the molecule is COCCc1noc(Cc2ccccc2CN)n1. The van der Waals surface area contributed by atoms with E-state index in [0.717, 1.165) is 11.1 Å². The van der Waals surface area contributed by atoms with Crippen molar-refractivity contribution in [2.45, 2.75) is 19.4 Å². The molecule has 2 aromatic rings. The Morgan fingerprint density at radius 1 is 1.28 bits per heavy atom. The number of nitrogens with two attached hydrogens (primary N) is 1. The van der Waals surface area contributed by atoms with Crippen molar-refractivity contribution >= 4 is 0 Å². The van der Waals surface area contributed by atoms with Crippen LogP contribution in [-0.4, -0.2) is 23.9 Å². The predicted octanol–water partition coefficient (Wildman–Crippen LogP) is 1.31. The Labute approximate surface area is 106 Å². The third kappa shape index (κ3) is 3.15. The fraction of sp³-hybridized carbons (Fsp3) is 0.385. The monoisotopic (exact) mass is 247 g/mol. The lowest BCUT2D eigenvalue weighted by molar-refractivity contribution is 0.199. The average Bonchev–Trinajstić information content (AvgIpc) is 2.84. The Hall–Kier alpha value is -1.72. The maximum absolute atomic E-state index is 5.69. The molecule has 0 amide bonds. The van der Waals surface area contributed by atoms with Crippen LogP contribution in [0.2, 0.25) is 0 Å². The van der Waals surface area contributed by atoms with Gasteiger partial charge in [0.05, 0.1) is 13.0 Å². The number of benzene rings is 1. The summed E-state index contributed by atoms with van der Waals surface area (Å²) >= 11 is 0. The Balaban J connectivity index is 2.06. The highest BCUT2D eigenvalue weighted by Gasteiger charge is 2.09. The van der Waals surface area contributed by atoms with Gasteiger partial charge in [0.1, 0.15) is 0 Å². The normalized spacial score (nSPS) is 10.8. The summed E-state index contributed by atoms with van der Waals surface area (Å²) in [6.45, 7) is 1.11. The molecular weight excluding hydrogens is 230 g/mol. The predicted molar refractivity (Wildman–Crippen MR) is 67.0 cm³/mol. The van der Waals surface area contributed by atoms with E-state index in [4.69, 9.17) is 15.0 Å². The molecule has 5 nitrogen and oxygen atoms in total. The first-order chi connectivity index (χ1) is 8.83. The second kappa shape index (κ2) is 6.28. The van der Waals surface area contributed by atoms with E-state index in [1.807, 2.05) is 24.3 Å². The molecule has 1 heterocycles. The van der Waals surface area contributed by atoms with Crippen molar-refractivity contribution in [3.05, 3.63) is 47.1 Å². The van der Waals surface area contributed by atoms with E-state index in [1.54, 1.807) is 7.11 Å². The van der Waals surface area contributed by atoms with Crippen molar-refractivity contribution in [2.24, 2.45) is 5.73 Å². The summed E-state index contributed by atoms with van der Waals surface area (Å²) < 4.78 is 10.2. The zero-order chi connectivity index (χ0) is 12.8. The van der Waals surface area contributed by atoms with Gasteiger partial charge in [-0.25, -0.2) is 0 Å². The zero-order valence-electron chi connectivity index (χ0n) is 10.4. The first kappa shape index (κ1) is 12.7. The van der Waals surface area contributed by atoms with Gasteiger partial charge in [0.15, 0.2) is 5.82 Å². The molecular formula is C13H17N3O2. The van der Waals surface area contributed by atoms with Gasteiger partial charge in [-0.15, -0.1) is 0 Å². The maximum atomic E-state index is 5.69. The largest absolute Gasteiger partial charge is 0.384 e. The molecule has 0 spiro atoms. The molecule has 0 aliphatic heterocycles.